The van der Waals surface area contributed by atoms with Crippen LogP contribution in [0.5, 0.6) is 0 Å². The third-order valence-electron chi connectivity index (χ3n) is 11.0. The van der Waals surface area contributed by atoms with Gasteiger partial charge in [0.1, 0.15) is 11.6 Å². The quantitative estimate of drug-likeness (QED) is 0.436. The normalized spacial score (nSPS) is 48.9. The van der Waals surface area contributed by atoms with Crippen LogP contribution in [0.2, 0.25) is 0 Å². The minimum absolute atomic E-state index is 0.0290. The van der Waals surface area contributed by atoms with Crippen LogP contribution in [-0.4, -0.2) is 23.3 Å². The van der Waals surface area contributed by atoms with Crippen LogP contribution in [0, 0.1) is 58.7 Å². The van der Waals surface area contributed by atoms with Gasteiger partial charge in [0.15, 0.2) is 0 Å². The topological polar surface area (TPSA) is 46.7 Å². The van der Waals surface area contributed by atoms with Gasteiger partial charge < -0.3 is 4.74 Å². The molecule has 0 radical (unpaired) electrons. The van der Waals surface area contributed by atoms with Crippen molar-refractivity contribution in [3.63, 3.8) is 0 Å². The standard InChI is InChI=1S/C28H40O3/c1-6-17(7-10-24-26(2,3)31-24)20-8-9-21-25-22(12-14-28(20,21)5)27(4)13-11-19(29)15-18(27)16-23(25)30/h1,17-18,20-22,24-25H,7-16H2,2-5H3/t17-,18+,20-,21+,22+,24?,25+,27+,28-/m1/s1. The van der Waals surface area contributed by atoms with Crippen LogP contribution in [0.3, 0.4) is 0 Å². The summed E-state index contributed by atoms with van der Waals surface area (Å²) < 4.78 is 5.81. The molecule has 0 bridgehead atoms. The number of rotatable bonds is 4. The molecule has 1 aliphatic heterocycles. The van der Waals surface area contributed by atoms with Crippen LogP contribution in [0.15, 0.2) is 0 Å². The molecule has 3 heteroatoms. The van der Waals surface area contributed by atoms with Crippen molar-refractivity contribution in [2.75, 3.05) is 0 Å². The highest BCUT2D eigenvalue weighted by atomic mass is 16.6. The largest absolute Gasteiger partial charge is 0.367 e. The number of Topliss-reactive ketones (excluding diaryl/α,β-unsaturated/α-hetero) is 2. The van der Waals surface area contributed by atoms with Gasteiger partial charge in [-0.05, 0) is 93.3 Å². The van der Waals surface area contributed by atoms with Crippen molar-refractivity contribution in [3.05, 3.63) is 0 Å². The van der Waals surface area contributed by atoms with Crippen molar-refractivity contribution in [1.82, 2.24) is 0 Å². The van der Waals surface area contributed by atoms with E-state index in [0.29, 0.717) is 60.6 Å². The van der Waals surface area contributed by atoms with Gasteiger partial charge in [0.05, 0.1) is 11.7 Å². The number of carbonyl (C=O) groups excluding carboxylic acids is 2. The minimum Gasteiger partial charge on any atom is -0.367 e. The van der Waals surface area contributed by atoms with Crippen LogP contribution >= 0.6 is 0 Å². The lowest BCUT2D eigenvalue weighted by atomic mass is 9.44. The van der Waals surface area contributed by atoms with Gasteiger partial charge in [-0.1, -0.05) is 13.8 Å². The molecule has 0 aromatic carbocycles. The van der Waals surface area contributed by atoms with Gasteiger partial charge >= 0.3 is 0 Å². The Morgan fingerprint density at radius 3 is 2.42 bits per heavy atom. The van der Waals surface area contributed by atoms with Gasteiger partial charge in [-0.3, -0.25) is 9.59 Å². The molecule has 4 saturated carbocycles. The van der Waals surface area contributed by atoms with E-state index < -0.39 is 0 Å². The summed E-state index contributed by atoms with van der Waals surface area (Å²) in [6, 6.07) is 0. The van der Waals surface area contributed by atoms with Crippen molar-refractivity contribution in [1.29, 1.82) is 0 Å². The molecule has 1 saturated heterocycles. The predicted molar refractivity (Wildman–Crippen MR) is 121 cm³/mol. The molecule has 1 heterocycles. The van der Waals surface area contributed by atoms with Gasteiger partial charge in [0, 0.05) is 31.1 Å². The summed E-state index contributed by atoms with van der Waals surface area (Å²) in [4.78, 5) is 25.6. The lowest BCUT2D eigenvalue weighted by Crippen LogP contribution is -2.57. The molecular formula is C28H40O3. The average Bonchev–Trinajstić information content (AvgIpc) is 3.17. The molecular weight excluding hydrogens is 384 g/mol. The Morgan fingerprint density at radius 1 is 1.03 bits per heavy atom. The number of epoxide rings is 1. The van der Waals surface area contributed by atoms with E-state index in [9.17, 15) is 9.59 Å². The van der Waals surface area contributed by atoms with Gasteiger partial charge in [-0.25, -0.2) is 0 Å². The SMILES string of the molecule is C#C[C@H](CCC1OC1(C)C)[C@H]1CC[C@H]2[C@@H]3C(=O)C[C@@H]4CC(=O)CC[C@]4(C)[C@H]3CC[C@]12C. The fourth-order valence-electron chi connectivity index (χ4n) is 8.90. The van der Waals surface area contributed by atoms with E-state index in [2.05, 4.69) is 33.6 Å². The Morgan fingerprint density at radius 2 is 1.74 bits per heavy atom. The molecule has 3 nitrogen and oxygen atoms in total. The zero-order chi connectivity index (χ0) is 22.2. The van der Waals surface area contributed by atoms with Crippen molar-refractivity contribution in [2.45, 2.75) is 104 Å². The van der Waals surface area contributed by atoms with Crippen LogP contribution < -0.4 is 0 Å². The fraction of sp³-hybridized carbons (Fsp3) is 0.857. The summed E-state index contributed by atoms with van der Waals surface area (Å²) in [6.07, 6.45) is 16.2. The van der Waals surface area contributed by atoms with E-state index in [1.807, 2.05) is 0 Å². The highest BCUT2D eigenvalue weighted by Gasteiger charge is 2.63. The number of ketones is 2. The molecule has 0 spiro atoms. The first kappa shape index (κ1) is 21.7. The van der Waals surface area contributed by atoms with Crippen molar-refractivity contribution >= 4 is 11.6 Å². The summed E-state index contributed by atoms with van der Waals surface area (Å²) in [5.41, 5.74) is 0.384. The Hall–Kier alpha value is -1.14. The zero-order valence-electron chi connectivity index (χ0n) is 19.9. The third kappa shape index (κ3) is 3.26. The number of ether oxygens (including phenoxy) is 1. The Balaban J connectivity index is 1.35. The fourth-order valence-corrected chi connectivity index (χ4v) is 8.90. The third-order valence-corrected chi connectivity index (χ3v) is 11.0. The maximum Gasteiger partial charge on any atom is 0.136 e. The molecule has 170 valence electrons. The second-order valence-electron chi connectivity index (χ2n) is 12.6. The van der Waals surface area contributed by atoms with Gasteiger partial charge in [-0.2, -0.15) is 0 Å². The highest BCUT2D eigenvalue weighted by molar-refractivity contribution is 5.86. The van der Waals surface area contributed by atoms with Crippen molar-refractivity contribution in [3.8, 4) is 12.3 Å². The predicted octanol–water partition coefficient (Wildman–Crippen LogP) is 5.60. The molecule has 0 amide bonds. The first-order valence-corrected chi connectivity index (χ1v) is 12.8. The second kappa shape index (κ2) is 7.18. The summed E-state index contributed by atoms with van der Waals surface area (Å²) in [6.45, 7) is 9.20. The van der Waals surface area contributed by atoms with Crippen LogP contribution in [0.4, 0.5) is 0 Å². The van der Waals surface area contributed by atoms with Crippen molar-refractivity contribution < 1.29 is 14.3 Å². The molecule has 9 atom stereocenters. The number of hydrogen-bond donors (Lipinski definition) is 0. The van der Waals surface area contributed by atoms with Gasteiger partial charge in [-0.15, -0.1) is 12.3 Å². The summed E-state index contributed by atoms with van der Waals surface area (Å²) >= 11 is 0. The van der Waals surface area contributed by atoms with E-state index in [1.165, 1.54) is 12.8 Å². The second-order valence-corrected chi connectivity index (χ2v) is 12.6. The van der Waals surface area contributed by atoms with Crippen LogP contribution in [-0.2, 0) is 14.3 Å². The molecule has 5 aliphatic rings. The minimum atomic E-state index is 0.0290. The van der Waals surface area contributed by atoms with E-state index >= 15 is 0 Å². The lowest BCUT2D eigenvalue weighted by Gasteiger charge is -2.59. The Labute approximate surface area is 188 Å². The summed E-state index contributed by atoms with van der Waals surface area (Å²) in [7, 11) is 0. The van der Waals surface area contributed by atoms with E-state index in [0.717, 1.165) is 32.1 Å². The Bertz CT molecular complexity index is 821. The maximum absolute atomic E-state index is 13.5. The Kier molecular flexibility index (Phi) is 5.02. The molecule has 1 unspecified atom stereocenters. The summed E-state index contributed by atoms with van der Waals surface area (Å²) in [5.74, 6) is 6.25. The van der Waals surface area contributed by atoms with Crippen LogP contribution in [0.25, 0.3) is 0 Å². The van der Waals surface area contributed by atoms with Gasteiger partial charge in [0.25, 0.3) is 0 Å². The number of fused-ring (bicyclic) bond motifs is 5. The highest BCUT2D eigenvalue weighted by Crippen LogP contribution is 2.67. The maximum atomic E-state index is 13.5. The first-order valence-electron chi connectivity index (χ1n) is 12.8. The number of terminal acetylenes is 1. The van der Waals surface area contributed by atoms with E-state index in [1.54, 1.807) is 0 Å². The lowest BCUT2D eigenvalue weighted by molar-refractivity contribution is -0.158. The van der Waals surface area contributed by atoms with Crippen molar-refractivity contribution in [2.24, 2.45) is 46.3 Å². The zero-order valence-corrected chi connectivity index (χ0v) is 19.9. The molecule has 4 aliphatic carbocycles. The average molecular weight is 425 g/mol. The number of hydrogen-bond acceptors (Lipinski definition) is 3. The molecule has 0 aromatic rings. The van der Waals surface area contributed by atoms with E-state index in [4.69, 9.17) is 11.2 Å². The molecule has 31 heavy (non-hydrogen) atoms. The van der Waals surface area contributed by atoms with Gasteiger partial charge in [0.2, 0.25) is 0 Å². The monoisotopic (exact) mass is 424 g/mol. The summed E-state index contributed by atoms with van der Waals surface area (Å²) in [5, 5.41) is 0. The first-order chi connectivity index (χ1) is 14.6. The number of carbonyl (C=O) groups is 2. The van der Waals surface area contributed by atoms with E-state index in [-0.39, 0.29) is 28.3 Å². The molecule has 5 rings (SSSR count). The molecule has 0 N–H and O–H groups in total. The smallest absolute Gasteiger partial charge is 0.136 e. The van der Waals surface area contributed by atoms with Crippen LogP contribution in [0.1, 0.15) is 91.9 Å². The molecule has 0 aromatic heterocycles. The molecule has 5 fully saturated rings.